The molecule has 2 aromatic carbocycles. The Kier molecular flexibility index (Phi) is 8.47. The summed E-state index contributed by atoms with van der Waals surface area (Å²) in [5, 5.41) is 0. The minimum atomic E-state index is -1.27. The van der Waals surface area contributed by atoms with Gasteiger partial charge in [-0.25, -0.2) is 0 Å². The lowest BCUT2D eigenvalue weighted by atomic mass is 9.67. The van der Waals surface area contributed by atoms with Crippen LogP contribution in [0.1, 0.15) is 36.8 Å². The van der Waals surface area contributed by atoms with Gasteiger partial charge in [0, 0.05) is 12.8 Å². The summed E-state index contributed by atoms with van der Waals surface area (Å²) < 4.78 is 21.1. The van der Waals surface area contributed by atoms with Crippen molar-refractivity contribution in [1.82, 2.24) is 0 Å². The number of Topliss-reactive ketones (excluding diaryl/α,β-unsaturated/α-hetero) is 1. The zero-order valence-electron chi connectivity index (χ0n) is 20.5. The van der Waals surface area contributed by atoms with Gasteiger partial charge in [0.2, 0.25) is 0 Å². The van der Waals surface area contributed by atoms with Crippen molar-refractivity contribution in [3.05, 3.63) is 59.7 Å². The van der Waals surface area contributed by atoms with Crippen molar-refractivity contribution < 1.29 is 33.3 Å². The molecule has 35 heavy (non-hydrogen) atoms. The van der Waals surface area contributed by atoms with E-state index in [9.17, 15) is 14.4 Å². The molecule has 0 aliphatic heterocycles. The molecule has 0 aromatic heterocycles. The van der Waals surface area contributed by atoms with Gasteiger partial charge < -0.3 is 18.9 Å². The maximum absolute atomic E-state index is 13.4. The molecule has 1 saturated carbocycles. The van der Waals surface area contributed by atoms with Gasteiger partial charge >= 0.3 is 0 Å². The summed E-state index contributed by atoms with van der Waals surface area (Å²) in [4.78, 5) is 38.6. The maximum atomic E-state index is 13.4. The SMILES string of the molecule is COc1ccc(/C=C/C(=O)C2(C(=O)/C=C/c3ccc(OC)c(OC)c3)CCC(=O)CC2)cc1OC. The average Bonchev–Trinajstić information content (AvgIpc) is 2.90. The molecule has 184 valence electrons. The number of benzene rings is 2. The fourth-order valence-electron chi connectivity index (χ4n) is 4.15. The topological polar surface area (TPSA) is 88.1 Å². The number of ether oxygens (including phenoxy) is 4. The van der Waals surface area contributed by atoms with E-state index >= 15 is 0 Å². The summed E-state index contributed by atoms with van der Waals surface area (Å²) in [6, 6.07) is 10.6. The Morgan fingerprint density at radius 3 is 1.46 bits per heavy atom. The van der Waals surface area contributed by atoms with Gasteiger partial charge in [-0.3, -0.25) is 14.4 Å². The predicted octanol–water partition coefficient (Wildman–Crippen LogP) is 4.72. The van der Waals surface area contributed by atoms with Crippen LogP contribution in [0.5, 0.6) is 23.0 Å². The zero-order chi connectivity index (χ0) is 25.4. The Morgan fingerprint density at radius 2 is 1.09 bits per heavy atom. The third-order valence-corrected chi connectivity index (χ3v) is 6.27. The van der Waals surface area contributed by atoms with E-state index in [1.54, 1.807) is 62.8 Å². The van der Waals surface area contributed by atoms with Crippen molar-refractivity contribution in [1.29, 1.82) is 0 Å². The van der Waals surface area contributed by atoms with Crippen LogP contribution in [0, 0.1) is 5.41 Å². The van der Waals surface area contributed by atoms with Crippen molar-refractivity contribution >= 4 is 29.5 Å². The quantitative estimate of drug-likeness (QED) is 0.361. The highest BCUT2D eigenvalue weighted by Gasteiger charge is 2.45. The molecule has 1 aliphatic carbocycles. The Bertz CT molecular complexity index is 1070. The lowest BCUT2D eigenvalue weighted by Crippen LogP contribution is -2.41. The van der Waals surface area contributed by atoms with E-state index < -0.39 is 5.41 Å². The number of carbonyl (C=O) groups is 3. The summed E-state index contributed by atoms with van der Waals surface area (Å²) in [6.07, 6.45) is 6.91. The second-order valence-corrected chi connectivity index (χ2v) is 8.24. The van der Waals surface area contributed by atoms with Crippen LogP contribution in [0.25, 0.3) is 12.2 Å². The number of hydrogen-bond donors (Lipinski definition) is 0. The molecule has 0 unspecified atom stereocenters. The van der Waals surface area contributed by atoms with Crippen molar-refractivity contribution in [2.45, 2.75) is 25.7 Å². The fourth-order valence-corrected chi connectivity index (χ4v) is 4.15. The molecule has 0 amide bonds. The number of ketones is 3. The smallest absolute Gasteiger partial charge is 0.169 e. The summed E-state index contributed by atoms with van der Waals surface area (Å²) in [5.74, 6) is 1.66. The Hall–Kier alpha value is -3.87. The van der Waals surface area contributed by atoms with Gasteiger partial charge in [0.25, 0.3) is 0 Å². The van der Waals surface area contributed by atoms with Crippen molar-refractivity contribution in [3.8, 4) is 23.0 Å². The van der Waals surface area contributed by atoms with Crippen molar-refractivity contribution in [2.75, 3.05) is 28.4 Å². The molecule has 0 saturated heterocycles. The first kappa shape index (κ1) is 25.7. The van der Waals surface area contributed by atoms with Crippen molar-refractivity contribution in [3.63, 3.8) is 0 Å². The van der Waals surface area contributed by atoms with Crippen LogP contribution >= 0.6 is 0 Å². The van der Waals surface area contributed by atoms with Crippen LogP contribution in [-0.4, -0.2) is 45.8 Å². The number of rotatable bonds is 10. The summed E-state index contributed by atoms with van der Waals surface area (Å²) >= 11 is 0. The van der Waals surface area contributed by atoms with Gasteiger partial charge in [0.05, 0.1) is 33.9 Å². The molecular weight excluding hydrogens is 448 g/mol. The van der Waals surface area contributed by atoms with Crippen LogP contribution in [0.15, 0.2) is 48.6 Å². The first-order valence-corrected chi connectivity index (χ1v) is 11.3. The van der Waals surface area contributed by atoms with Crippen LogP contribution in [0.2, 0.25) is 0 Å². The van der Waals surface area contributed by atoms with E-state index in [1.165, 1.54) is 26.4 Å². The lowest BCUT2D eigenvalue weighted by molar-refractivity contribution is -0.139. The predicted molar refractivity (Wildman–Crippen MR) is 133 cm³/mol. The third kappa shape index (κ3) is 5.80. The minimum Gasteiger partial charge on any atom is -0.493 e. The maximum Gasteiger partial charge on any atom is 0.169 e. The normalized spacial score (nSPS) is 15.3. The average molecular weight is 479 g/mol. The molecule has 0 heterocycles. The van der Waals surface area contributed by atoms with Crippen LogP contribution in [0.4, 0.5) is 0 Å². The van der Waals surface area contributed by atoms with Gasteiger partial charge in [-0.15, -0.1) is 0 Å². The molecule has 0 bridgehead atoms. The fraction of sp³-hybridized carbons (Fsp3) is 0.321. The second kappa shape index (κ2) is 11.5. The third-order valence-electron chi connectivity index (χ3n) is 6.27. The monoisotopic (exact) mass is 478 g/mol. The van der Waals surface area contributed by atoms with E-state index in [2.05, 4.69) is 0 Å². The summed E-state index contributed by atoms with van der Waals surface area (Å²) in [5.41, 5.74) is 0.186. The highest BCUT2D eigenvalue weighted by Crippen LogP contribution is 2.38. The number of methoxy groups -OCH3 is 4. The van der Waals surface area contributed by atoms with Gasteiger partial charge in [0.15, 0.2) is 34.6 Å². The Labute approximate surface area is 205 Å². The van der Waals surface area contributed by atoms with Crippen LogP contribution < -0.4 is 18.9 Å². The summed E-state index contributed by atoms with van der Waals surface area (Å²) in [7, 11) is 6.17. The van der Waals surface area contributed by atoms with Crippen LogP contribution in [-0.2, 0) is 14.4 Å². The molecule has 7 nitrogen and oxygen atoms in total. The molecule has 3 rings (SSSR count). The molecule has 7 heteroatoms. The molecule has 2 aromatic rings. The minimum absolute atomic E-state index is 0.0639. The number of allylic oxidation sites excluding steroid dienone is 2. The highest BCUT2D eigenvalue weighted by atomic mass is 16.5. The highest BCUT2D eigenvalue weighted by molar-refractivity contribution is 6.18. The molecule has 0 atom stereocenters. The van der Waals surface area contributed by atoms with Crippen LogP contribution in [0.3, 0.4) is 0 Å². The largest absolute Gasteiger partial charge is 0.493 e. The Balaban J connectivity index is 1.86. The van der Waals surface area contributed by atoms with Gasteiger partial charge in [0.1, 0.15) is 5.78 Å². The molecule has 0 radical (unpaired) electrons. The molecular formula is C28H30O7. The van der Waals surface area contributed by atoms with E-state index in [-0.39, 0.29) is 43.0 Å². The Morgan fingerprint density at radius 1 is 0.686 bits per heavy atom. The van der Waals surface area contributed by atoms with E-state index in [0.29, 0.717) is 23.0 Å². The number of hydrogen-bond acceptors (Lipinski definition) is 7. The van der Waals surface area contributed by atoms with Gasteiger partial charge in [-0.1, -0.05) is 24.3 Å². The van der Waals surface area contributed by atoms with Gasteiger partial charge in [-0.2, -0.15) is 0 Å². The molecule has 1 aliphatic rings. The lowest BCUT2D eigenvalue weighted by Gasteiger charge is -2.32. The van der Waals surface area contributed by atoms with E-state index in [0.717, 1.165) is 11.1 Å². The first-order valence-electron chi connectivity index (χ1n) is 11.3. The first-order chi connectivity index (χ1) is 16.9. The standard InChI is InChI=1S/C28H30O7/c1-32-22-9-5-19(17-24(22)34-3)7-11-26(30)28(15-13-21(29)14-16-28)27(31)12-8-20-6-10-23(33-2)25(18-20)35-4/h5-12,17-18H,13-16H2,1-4H3/b11-7+,12-8+. The molecule has 0 spiro atoms. The number of carbonyl (C=O) groups excluding carboxylic acids is 3. The van der Waals surface area contributed by atoms with E-state index in [1.807, 2.05) is 0 Å². The van der Waals surface area contributed by atoms with Crippen molar-refractivity contribution in [2.24, 2.45) is 5.41 Å². The summed E-state index contributed by atoms with van der Waals surface area (Å²) in [6.45, 7) is 0. The second-order valence-electron chi connectivity index (χ2n) is 8.24. The van der Waals surface area contributed by atoms with E-state index in [4.69, 9.17) is 18.9 Å². The zero-order valence-corrected chi connectivity index (χ0v) is 20.5. The molecule has 0 N–H and O–H groups in total. The van der Waals surface area contributed by atoms with Gasteiger partial charge in [-0.05, 0) is 60.4 Å². The molecule has 1 fully saturated rings.